The highest BCUT2D eigenvalue weighted by molar-refractivity contribution is 8.15. The third-order valence-electron chi connectivity index (χ3n) is 3.59. The third kappa shape index (κ3) is 3.53. The molecule has 2 aromatic rings. The monoisotopic (exact) mass is 327 g/mol. The fourth-order valence-electron chi connectivity index (χ4n) is 2.27. The summed E-state index contributed by atoms with van der Waals surface area (Å²) >= 11 is 1.43. The van der Waals surface area contributed by atoms with Crippen LogP contribution in [0.2, 0.25) is 0 Å². The Morgan fingerprint density at radius 2 is 2.13 bits per heavy atom. The molecule has 0 bridgehead atoms. The van der Waals surface area contributed by atoms with E-state index in [2.05, 4.69) is 10.2 Å². The van der Waals surface area contributed by atoms with Crippen molar-refractivity contribution in [2.24, 2.45) is 10.2 Å². The zero-order valence-electron chi connectivity index (χ0n) is 13.0. The van der Waals surface area contributed by atoms with Crippen LogP contribution in [0.1, 0.15) is 23.8 Å². The van der Waals surface area contributed by atoms with Gasteiger partial charge in [-0.25, -0.2) is 0 Å². The van der Waals surface area contributed by atoms with Crippen molar-refractivity contribution in [3.63, 3.8) is 0 Å². The van der Waals surface area contributed by atoms with Crippen LogP contribution in [0.5, 0.6) is 0 Å². The molecule has 0 spiro atoms. The number of rotatable bonds is 4. The van der Waals surface area contributed by atoms with Crippen LogP contribution in [0.4, 0.5) is 0 Å². The number of furan rings is 1. The van der Waals surface area contributed by atoms with Crippen LogP contribution in [0.3, 0.4) is 0 Å². The highest BCUT2D eigenvalue weighted by atomic mass is 32.2. The predicted molar refractivity (Wildman–Crippen MR) is 92.5 cm³/mol. The Morgan fingerprint density at radius 1 is 1.30 bits per heavy atom. The lowest BCUT2D eigenvalue weighted by molar-refractivity contribution is -0.126. The third-order valence-corrected chi connectivity index (χ3v) is 4.66. The van der Waals surface area contributed by atoms with Crippen LogP contribution < -0.4 is 0 Å². The molecule has 1 saturated heterocycles. The summed E-state index contributed by atoms with van der Waals surface area (Å²) in [5, 5.41) is 8.71. The summed E-state index contributed by atoms with van der Waals surface area (Å²) in [7, 11) is 0. The van der Waals surface area contributed by atoms with E-state index in [0.29, 0.717) is 17.5 Å². The van der Waals surface area contributed by atoms with Gasteiger partial charge in [0.05, 0.1) is 24.3 Å². The Labute approximate surface area is 139 Å². The minimum Gasteiger partial charge on any atom is -0.463 e. The number of amides is 1. The minimum absolute atomic E-state index is 0.0604. The van der Waals surface area contributed by atoms with Gasteiger partial charge in [0.2, 0.25) is 5.91 Å². The molecule has 1 fully saturated rings. The van der Waals surface area contributed by atoms with Crippen molar-refractivity contribution >= 4 is 29.1 Å². The maximum atomic E-state index is 12.4. The summed E-state index contributed by atoms with van der Waals surface area (Å²) in [5.74, 6) is 0.687. The van der Waals surface area contributed by atoms with Crippen LogP contribution in [0.25, 0.3) is 0 Å². The Bertz CT molecular complexity index is 753. The summed E-state index contributed by atoms with van der Waals surface area (Å²) in [5.41, 5.74) is 2.27. The average Bonchev–Trinajstić information content (AvgIpc) is 3.14. The number of hydrogen-bond donors (Lipinski definition) is 0. The van der Waals surface area contributed by atoms with Crippen molar-refractivity contribution in [3.8, 4) is 0 Å². The molecule has 3 rings (SSSR count). The molecule has 1 atom stereocenters. The first-order chi connectivity index (χ1) is 11.1. The smallest absolute Gasteiger partial charge is 0.242 e. The molecule has 23 heavy (non-hydrogen) atoms. The van der Waals surface area contributed by atoms with E-state index >= 15 is 0 Å². The van der Waals surface area contributed by atoms with E-state index in [9.17, 15) is 4.79 Å². The standard InChI is InChI=1S/C17H17N3O2S/c1-12-6-3-4-7-14(12)11-20-16(21)13(2)23-17(20)19-18-10-15-8-5-9-22-15/h3-10,13H,11H2,1-2H3/b18-10-,19-17-/t13-/m1/s1. The topological polar surface area (TPSA) is 58.2 Å². The summed E-state index contributed by atoms with van der Waals surface area (Å²) in [4.78, 5) is 14.1. The van der Waals surface area contributed by atoms with Crippen molar-refractivity contribution < 1.29 is 9.21 Å². The Kier molecular flexibility index (Phi) is 4.62. The van der Waals surface area contributed by atoms with E-state index < -0.39 is 0 Å². The van der Waals surface area contributed by atoms with Crippen LogP contribution in [-0.2, 0) is 11.3 Å². The van der Waals surface area contributed by atoms with Gasteiger partial charge in [-0.2, -0.15) is 5.10 Å². The average molecular weight is 327 g/mol. The van der Waals surface area contributed by atoms with E-state index in [0.717, 1.165) is 11.1 Å². The zero-order chi connectivity index (χ0) is 16.2. The van der Waals surface area contributed by atoms with Crippen molar-refractivity contribution in [1.82, 2.24) is 4.90 Å². The molecule has 1 aliphatic rings. The fourth-order valence-corrected chi connectivity index (χ4v) is 3.19. The van der Waals surface area contributed by atoms with E-state index in [4.69, 9.17) is 4.42 Å². The zero-order valence-corrected chi connectivity index (χ0v) is 13.8. The van der Waals surface area contributed by atoms with Crippen LogP contribution in [0.15, 0.2) is 57.3 Å². The number of carbonyl (C=O) groups excluding carboxylic acids is 1. The molecule has 1 aromatic heterocycles. The lowest BCUT2D eigenvalue weighted by Crippen LogP contribution is -2.31. The summed E-state index contributed by atoms with van der Waals surface area (Å²) < 4.78 is 5.17. The van der Waals surface area contributed by atoms with Crippen molar-refractivity contribution in [2.45, 2.75) is 25.6 Å². The van der Waals surface area contributed by atoms with E-state index in [1.54, 1.807) is 23.3 Å². The van der Waals surface area contributed by atoms with Crippen molar-refractivity contribution in [3.05, 3.63) is 59.5 Å². The maximum Gasteiger partial charge on any atom is 0.242 e. The molecule has 118 valence electrons. The largest absolute Gasteiger partial charge is 0.463 e. The van der Waals surface area contributed by atoms with Crippen LogP contribution in [-0.4, -0.2) is 27.4 Å². The molecule has 6 heteroatoms. The molecule has 1 aliphatic heterocycles. The number of hydrogen-bond acceptors (Lipinski definition) is 5. The predicted octanol–water partition coefficient (Wildman–Crippen LogP) is 3.44. The Balaban J connectivity index is 1.80. The first-order valence-electron chi connectivity index (χ1n) is 7.32. The highest BCUT2D eigenvalue weighted by Gasteiger charge is 2.35. The molecule has 2 heterocycles. The summed E-state index contributed by atoms with van der Waals surface area (Å²) in [6, 6.07) is 11.6. The molecule has 0 unspecified atom stereocenters. The van der Waals surface area contributed by atoms with Crippen LogP contribution in [0, 0.1) is 6.92 Å². The Morgan fingerprint density at radius 3 is 2.87 bits per heavy atom. The van der Waals surface area contributed by atoms with Gasteiger partial charge in [-0.1, -0.05) is 36.0 Å². The molecule has 0 aliphatic carbocycles. The van der Waals surface area contributed by atoms with Gasteiger partial charge in [0.15, 0.2) is 5.17 Å². The number of amidine groups is 1. The minimum atomic E-state index is -0.142. The van der Waals surface area contributed by atoms with E-state index in [1.807, 2.05) is 38.1 Å². The second-order valence-corrected chi connectivity index (χ2v) is 6.56. The molecule has 5 nitrogen and oxygen atoms in total. The molecular weight excluding hydrogens is 310 g/mol. The molecule has 1 aromatic carbocycles. The number of thioether (sulfide) groups is 1. The summed E-state index contributed by atoms with van der Waals surface area (Å²) in [6.45, 7) is 4.44. The van der Waals surface area contributed by atoms with Gasteiger partial charge >= 0.3 is 0 Å². The number of nitrogens with zero attached hydrogens (tertiary/aromatic N) is 3. The summed E-state index contributed by atoms with van der Waals surface area (Å²) in [6.07, 6.45) is 3.11. The molecular formula is C17H17N3O2S. The molecule has 0 saturated carbocycles. The first-order valence-corrected chi connectivity index (χ1v) is 8.20. The number of aryl methyl sites for hydroxylation is 1. The molecule has 0 N–H and O–H groups in total. The number of carbonyl (C=O) groups is 1. The van der Waals surface area contributed by atoms with Gasteiger partial charge in [0.1, 0.15) is 5.76 Å². The van der Waals surface area contributed by atoms with Gasteiger partial charge in [-0.3, -0.25) is 9.69 Å². The van der Waals surface area contributed by atoms with Gasteiger partial charge in [-0.05, 0) is 37.1 Å². The lowest BCUT2D eigenvalue weighted by Gasteiger charge is -2.16. The van der Waals surface area contributed by atoms with Gasteiger partial charge in [0, 0.05) is 0 Å². The second kappa shape index (κ2) is 6.83. The quantitative estimate of drug-likeness (QED) is 0.638. The first kappa shape index (κ1) is 15.6. The normalized spacial score (nSPS) is 20.1. The molecule has 0 radical (unpaired) electrons. The Hall–Kier alpha value is -2.34. The lowest BCUT2D eigenvalue weighted by atomic mass is 10.1. The van der Waals surface area contributed by atoms with Crippen molar-refractivity contribution in [1.29, 1.82) is 0 Å². The van der Waals surface area contributed by atoms with Gasteiger partial charge in [0.25, 0.3) is 0 Å². The highest BCUT2D eigenvalue weighted by Crippen LogP contribution is 2.29. The number of benzene rings is 1. The van der Waals surface area contributed by atoms with Gasteiger partial charge in [-0.15, -0.1) is 5.10 Å². The molecule has 1 amide bonds. The van der Waals surface area contributed by atoms with Gasteiger partial charge < -0.3 is 4.42 Å². The van der Waals surface area contributed by atoms with Crippen molar-refractivity contribution in [2.75, 3.05) is 0 Å². The fraction of sp³-hybridized carbons (Fsp3) is 0.235. The second-order valence-electron chi connectivity index (χ2n) is 5.25. The SMILES string of the molecule is Cc1ccccc1CN1C(=O)[C@@H](C)S/C1=N\N=C/c1ccco1. The van der Waals surface area contributed by atoms with E-state index in [1.165, 1.54) is 18.0 Å². The van der Waals surface area contributed by atoms with Crippen LogP contribution >= 0.6 is 11.8 Å². The maximum absolute atomic E-state index is 12.4. The van der Waals surface area contributed by atoms with E-state index in [-0.39, 0.29) is 11.2 Å².